The summed E-state index contributed by atoms with van der Waals surface area (Å²) in [5, 5.41) is 8.71. The minimum Gasteiger partial charge on any atom is -0.482 e. The topological polar surface area (TPSA) is 97.1 Å². The van der Waals surface area contributed by atoms with Crippen molar-refractivity contribution in [1.29, 1.82) is 0 Å². The third-order valence-electron chi connectivity index (χ3n) is 3.97. The number of aliphatic carboxylic acids is 1. The fraction of sp³-hybridized carbons (Fsp3) is 0.200. The fourth-order valence-corrected chi connectivity index (χ4v) is 3.83. The average Bonchev–Trinajstić information content (AvgIpc) is 2.95. The van der Waals surface area contributed by atoms with Gasteiger partial charge in [-0.3, -0.25) is 19.3 Å². The summed E-state index contributed by atoms with van der Waals surface area (Å²) >= 11 is 6.27. The van der Waals surface area contributed by atoms with Crippen molar-refractivity contribution in [2.75, 3.05) is 6.54 Å². The van der Waals surface area contributed by atoms with E-state index in [0.29, 0.717) is 15.6 Å². The molecule has 1 aliphatic rings. The van der Waals surface area contributed by atoms with Crippen molar-refractivity contribution >= 4 is 46.3 Å². The second-order valence-corrected chi connectivity index (χ2v) is 7.79. The van der Waals surface area contributed by atoms with E-state index in [0.717, 1.165) is 17.3 Å². The minimum absolute atomic E-state index is 0.0462. The molecular weight excluding hydrogens is 414 g/mol. The van der Waals surface area contributed by atoms with E-state index in [1.54, 1.807) is 0 Å². The molecule has 0 unspecified atom stereocenters. The Morgan fingerprint density at radius 1 is 1.28 bits per heavy atom. The van der Waals surface area contributed by atoms with Crippen LogP contribution in [0.4, 0.5) is 0 Å². The van der Waals surface area contributed by atoms with Crippen LogP contribution in [0.15, 0.2) is 56.8 Å². The Labute approximate surface area is 176 Å². The standard InChI is InChI=1S/C20H17NO6S2/c22-15-9-14(26-12-16(15)27-11-13-5-2-1-3-6-13)10-17-19(25)21(20(28)29-17)8-4-7-18(23)24/h1-3,5-6,9-10,12H,4,7-8,11H2,(H,23,24)/b17-10-. The van der Waals surface area contributed by atoms with Crippen molar-refractivity contribution in [2.45, 2.75) is 19.4 Å². The molecule has 1 fully saturated rings. The first-order chi connectivity index (χ1) is 13.9. The first-order valence-electron chi connectivity index (χ1n) is 8.71. The summed E-state index contributed by atoms with van der Waals surface area (Å²) in [4.78, 5) is 37.0. The van der Waals surface area contributed by atoms with Crippen LogP contribution < -0.4 is 10.2 Å². The number of thiocarbonyl (C=S) groups is 1. The van der Waals surface area contributed by atoms with Gasteiger partial charge >= 0.3 is 5.97 Å². The lowest BCUT2D eigenvalue weighted by atomic mass is 10.2. The van der Waals surface area contributed by atoms with Crippen LogP contribution in [0.5, 0.6) is 5.75 Å². The SMILES string of the molecule is O=C(O)CCCN1C(=O)/C(=C/c2cc(=O)c(OCc3ccccc3)co2)SC1=S. The van der Waals surface area contributed by atoms with E-state index in [1.165, 1.54) is 23.3 Å². The van der Waals surface area contributed by atoms with Crippen molar-refractivity contribution in [3.05, 3.63) is 69.1 Å². The van der Waals surface area contributed by atoms with Crippen LogP contribution in [-0.2, 0) is 16.2 Å². The molecule has 3 rings (SSSR count). The largest absolute Gasteiger partial charge is 0.482 e. The zero-order chi connectivity index (χ0) is 20.8. The summed E-state index contributed by atoms with van der Waals surface area (Å²) in [6, 6.07) is 10.7. The van der Waals surface area contributed by atoms with Gasteiger partial charge in [-0.1, -0.05) is 54.3 Å². The first kappa shape index (κ1) is 20.8. The second kappa shape index (κ2) is 9.53. The molecule has 29 heavy (non-hydrogen) atoms. The first-order valence-corrected chi connectivity index (χ1v) is 9.93. The minimum atomic E-state index is -0.928. The molecule has 0 radical (unpaired) electrons. The molecule has 1 N–H and O–H groups in total. The maximum atomic E-state index is 12.5. The van der Waals surface area contributed by atoms with Crippen molar-refractivity contribution < 1.29 is 23.8 Å². The number of carbonyl (C=O) groups is 2. The van der Waals surface area contributed by atoms with Gasteiger partial charge in [0, 0.05) is 25.1 Å². The van der Waals surface area contributed by atoms with E-state index in [1.807, 2.05) is 30.3 Å². The average molecular weight is 431 g/mol. The molecule has 0 spiro atoms. The van der Waals surface area contributed by atoms with Crippen LogP contribution in [-0.4, -0.2) is 32.7 Å². The van der Waals surface area contributed by atoms with Gasteiger partial charge in [0.25, 0.3) is 5.91 Å². The molecule has 7 nitrogen and oxygen atoms in total. The molecule has 0 atom stereocenters. The number of benzene rings is 1. The van der Waals surface area contributed by atoms with E-state index in [9.17, 15) is 14.4 Å². The molecular formula is C20H17NO6S2. The quantitative estimate of drug-likeness (QED) is 0.502. The zero-order valence-electron chi connectivity index (χ0n) is 15.2. The maximum Gasteiger partial charge on any atom is 0.303 e. The molecule has 2 aromatic rings. The highest BCUT2D eigenvalue weighted by Gasteiger charge is 2.31. The van der Waals surface area contributed by atoms with Crippen molar-refractivity contribution in [1.82, 2.24) is 4.90 Å². The predicted molar refractivity (Wildman–Crippen MR) is 113 cm³/mol. The van der Waals surface area contributed by atoms with Gasteiger partial charge in [0.2, 0.25) is 11.2 Å². The Morgan fingerprint density at radius 2 is 2.03 bits per heavy atom. The Morgan fingerprint density at radius 3 is 2.72 bits per heavy atom. The number of carbonyl (C=O) groups excluding carboxylic acids is 1. The molecule has 0 bridgehead atoms. The van der Waals surface area contributed by atoms with Crippen LogP contribution in [0, 0.1) is 0 Å². The third-order valence-corrected chi connectivity index (χ3v) is 5.35. The monoisotopic (exact) mass is 431 g/mol. The van der Waals surface area contributed by atoms with E-state index in [-0.39, 0.29) is 42.4 Å². The molecule has 0 saturated carbocycles. The number of nitrogens with zero attached hydrogens (tertiary/aromatic N) is 1. The normalized spacial score (nSPS) is 15.2. The highest BCUT2D eigenvalue weighted by Crippen LogP contribution is 2.32. The summed E-state index contributed by atoms with van der Waals surface area (Å²) in [6.45, 7) is 0.463. The van der Waals surface area contributed by atoms with E-state index >= 15 is 0 Å². The van der Waals surface area contributed by atoms with E-state index in [4.69, 9.17) is 26.5 Å². The molecule has 1 aromatic heterocycles. The summed E-state index contributed by atoms with van der Waals surface area (Å²) in [7, 11) is 0. The fourth-order valence-electron chi connectivity index (χ4n) is 2.54. The third kappa shape index (κ3) is 5.55. The van der Waals surface area contributed by atoms with Gasteiger partial charge in [-0.2, -0.15) is 0 Å². The molecule has 0 aliphatic carbocycles. The Hall–Kier alpha value is -2.91. The number of ether oxygens (including phenoxy) is 1. The van der Waals surface area contributed by atoms with Crippen LogP contribution in [0.2, 0.25) is 0 Å². The molecule has 1 saturated heterocycles. The van der Waals surface area contributed by atoms with Gasteiger partial charge in [-0.15, -0.1) is 0 Å². The van der Waals surface area contributed by atoms with Gasteiger partial charge in [0.05, 0.1) is 4.91 Å². The number of hydrogen-bond acceptors (Lipinski definition) is 7. The van der Waals surface area contributed by atoms with Crippen molar-refractivity contribution in [2.24, 2.45) is 0 Å². The lowest BCUT2D eigenvalue weighted by Crippen LogP contribution is -2.29. The lowest BCUT2D eigenvalue weighted by molar-refractivity contribution is -0.137. The van der Waals surface area contributed by atoms with Gasteiger partial charge in [0.15, 0.2) is 0 Å². The second-order valence-electron chi connectivity index (χ2n) is 6.12. The molecule has 1 aliphatic heterocycles. The number of carboxylic acid groups (broad SMARTS) is 1. The summed E-state index contributed by atoms with van der Waals surface area (Å²) in [6.07, 6.45) is 2.91. The van der Waals surface area contributed by atoms with Gasteiger partial charge in [-0.25, -0.2) is 0 Å². The molecule has 1 aromatic carbocycles. The van der Waals surface area contributed by atoms with Crippen molar-refractivity contribution in [3.8, 4) is 5.75 Å². The molecule has 2 heterocycles. The summed E-state index contributed by atoms with van der Waals surface area (Å²) in [5.74, 6) is -0.986. The Kier molecular flexibility index (Phi) is 6.84. The van der Waals surface area contributed by atoms with E-state index in [2.05, 4.69) is 0 Å². The summed E-state index contributed by atoms with van der Waals surface area (Å²) < 4.78 is 11.2. The summed E-state index contributed by atoms with van der Waals surface area (Å²) in [5.41, 5.74) is 0.554. The molecule has 9 heteroatoms. The molecule has 1 amide bonds. The van der Waals surface area contributed by atoms with Crippen LogP contribution in [0.1, 0.15) is 24.2 Å². The number of carboxylic acids is 1. The smallest absolute Gasteiger partial charge is 0.303 e. The van der Waals surface area contributed by atoms with Crippen LogP contribution >= 0.6 is 24.0 Å². The number of thioether (sulfide) groups is 1. The number of amides is 1. The molecule has 150 valence electrons. The highest BCUT2D eigenvalue weighted by molar-refractivity contribution is 8.26. The van der Waals surface area contributed by atoms with Gasteiger partial charge < -0.3 is 14.3 Å². The number of hydrogen-bond donors (Lipinski definition) is 1. The maximum absolute atomic E-state index is 12.5. The van der Waals surface area contributed by atoms with Crippen molar-refractivity contribution in [3.63, 3.8) is 0 Å². The van der Waals surface area contributed by atoms with E-state index < -0.39 is 5.97 Å². The Bertz CT molecular complexity index is 1020. The van der Waals surface area contributed by atoms with Gasteiger partial charge in [-0.05, 0) is 12.0 Å². The Balaban J connectivity index is 1.66. The highest BCUT2D eigenvalue weighted by atomic mass is 32.2. The van der Waals surface area contributed by atoms with Gasteiger partial charge in [0.1, 0.15) is 23.0 Å². The zero-order valence-corrected chi connectivity index (χ0v) is 16.8. The number of rotatable bonds is 8. The lowest BCUT2D eigenvalue weighted by Gasteiger charge is -2.13. The van der Waals surface area contributed by atoms with Crippen LogP contribution in [0.25, 0.3) is 6.08 Å². The predicted octanol–water partition coefficient (Wildman–Crippen LogP) is 3.28. The van der Waals surface area contributed by atoms with Crippen LogP contribution in [0.3, 0.4) is 0 Å².